The third-order valence-corrected chi connectivity index (χ3v) is 6.89. The molecule has 0 unspecified atom stereocenters. The number of halogens is 1. The van der Waals surface area contributed by atoms with Gasteiger partial charge in [-0.15, -0.1) is 0 Å². The monoisotopic (exact) mass is 431 g/mol. The van der Waals surface area contributed by atoms with E-state index >= 15 is 0 Å². The number of benzene rings is 2. The summed E-state index contributed by atoms with van der Waals surface area (Å²) in [6, 6.07) is 10.8. The number of fused-ring (bicyclic) bond motifs is 1. The normalized spacial score (nSPS) is 17.0. The average molecular weight is 432 g/mol. The standard InChI is InChI=1S/C20H18ClN3O4S/c1-23-11-14(10-22-23)28-18-6-4-3-5-15(18)20(25)24(2)17-12-29(26,27)19-8-7-13(21)9-16(17)19/h3-11,17H,12H2,1-2H3/t17-/m0/s1. The molecule has 1 atom stereocenters. The van der Waals surface area contributed by atoms with Crippen molar-refractivity contribution in [3.05, 3.63) is 71.0 Å². The Hall–Kier alpha value is -2.84. The van der Waals surface area contributed by atoms with E-state index in [1.807, 2.05) is 0 Å². The van der Waals surface area contributed by atoms with Gasteiger partial charge in [-0.05, 0) is 35.9 Å². The second-order valence-electron chi connectivity index (χ2n) is 6.84. The van der Waals surface area contributed by atoms with Crippen molar-refractivity contribution in [1.29, 1.82) is 0 Å². The first kappa shape index (κ1) is 19.5. The molecule has 0 spiro atoms. The van der Waals surface area contributed by atoms with Gasteiger partial charge in [-0.2, -0.15) is 5.10 Å². The van der Waals surface area contributed by atoms with Crippen molar-refractivity contribution in [3.63, 3.8) is 0 Å². The maximum Gasteiger partial charge on any atom is 0.257 e. The van der Waals surface area contributed by atoms with Crippen LogP contribution in [0.5, 0.6) is 11.5 Å². The minimum Gasteiger partial charge on any atom is -0.453 e. The molecular formula is C20H18ClN3O4S. The van der Waals surface area contributed by atoms with Gasteiger partial charge in [0.15, 0.2) is 15.6 Å². The van der Waals surface area contributed by atoms with E-state index in [0.717, 1.165) is 0 Å². The fraction of sp³-hybridized carbons (Fsp3) is 0.200. The van der Waals surface area contributed by atoms with Crippen LogP contribution in [0, 0.1) is 0 Å². The van der Waals surface area contributed by atoms with Crippen molar-refractivity contribution in [2.24, 2.45) is 7.05 Å². The molecular weight excluding hydrogens is 414 g/mol. The number of sulfone groups is 1. The summed E-state index contributed by atoms with van der Waals surface area (Å²) in [7, 11) is -0.136. The molecule has 0 saturated heterocycles. The summed E-state index contributed by atoms with van der Waals surface area (Å²) in [5.74, 6) is 0.328. The highest BCUT2D eigenvalue weighted by Crippen LogP contribution is 2.39. The molecule has 2 heterocycles. The number of carbonyl (C=O) groups is 1. The minimum absolute atomic E-state index is 0.184. The number of nitrogens with zero attached hydrogens (tertiary/aromatic N) is 3. The summed E-state index contributed by atoms with van der Waals surface area (Å²) < 4.78 is 32.5. The van der Waals surface area contributed by atoms with Gasteiger partial charge in [0.1, 0.15) is 5.75 Å². The Morgan fingerprint density at radius 2 is 2.03 bits per heavy atom. The maximum atomic E-state index is 13.3. The molecule has 0 N–H and O–H groups in total. The van der Waals surface area contributed by atoms with Crippen LogP contribution >= 0.6 is 11.6 Å². The zero-order valence-corrected chi connectivity index (χ0v) is 17.3. The molecule has 3 aromatic rings. The largest absolute Gasteiger partial charge is 0.453 e. The van der Waals surface area contributed by atoms with Crippen LogP contribution in [0.1, 0.15) is 22.0 Å². The molecule has 2 aromatic carbocycles. The number of para-hydroxylation sites is 1. The van der Waals surface area contributed by atoms with Gasteiger partial charge >= 0.3 is 0 Å². The van der Waals surface area contributed by atoms with E-state index in [1.54, 1.807) is 67.6 Å². The average Bonchev–Trinajstić information content (AvgIpc) is 3.21. The molecule has 0 radical (unpaired) electrons. The molecule has 9 heteroatoms. The van der Waals surface area contributed by atoms with Gasteiger partial charge in [-0.25, -0.2) is 8.42 Å². The van der Waals surface area contributed by atoms with E-state index in [0.29, 0.717) is 27.6 Å². The fourth-order valence-electron chi connectivity index (χ4n) is 3.41. The summed E-state index contributed by atoms with van der Waals surface area (Å²) in [6.07, 6.45) is 3.24. The molecule has 29 heavy (non-hydrogen) atoms. The lowest BCUT2D eigenvalue weighted by Gasteiger charge is -2.25. The SMILES string of the molecule is CN(C(=O)c1ccccc1Oc1cnn(C)c1)[C@H]1CS(=O)(=O)c2ccc(Cl)cc21. The van der Waals surface area contributed by atoms with Crippen LogP contribution < -0.4 is 4.74 Å². The van der Waals surface area contributed by atoms with Gasteiger partial charge in [0.25, 0.3) is 5.91 Å². The molecule has 150 valence electrons. The molecule has 0 aliphatic carbocycles. The number of aromatic nitrogens is 2. The highest BCUT2D eigenvalue weighted by Gasteiger charge is 2.39. The van der Waals surface area contributed by atoms with Gasteiger partial charge in [-0.3, -0.25) is 9.48 Å². The quantitative estimate of drug-likeness (QED) is 0.631. The van der Waals surface area contributed by atoms with E-state index in [4.69, 9.17) is 16.3 Å². The number of hydrogen-bond acceptors (Lipinski definition) is 5. The van der Waals surface area contributed by atoms with Gasteiger partial charge in [0.05, 0.1) is 34.6 Å². The molecule has 0 fully saturated rings. The number of hydrogen-bond donors (Lipinski definition) is 0. The van der Waals surface area contributed by atoms with E-state index < -0.39 is 15.9 Å². The summed E-state index contributed by atoms with van der Waals surface area (Å²) >= 11 is 6.07. The lowest BCUT2D eigenvalue weighted by atomic mass is 10.1. The Kier molecular flexibility index (Phi) is 4.84. The number of carbonyl (C=O) groups excluding carboxylic acids is 1. The highest BCUT2D eigenvalue weighted by atomic mass is 35.5. The van der Waals surface area contributed by atoms with Crippen LogP contribution in [-0.4, -0.2) is 41.8 Å². The molecule has 1 aliphatic heterocycles. The van der Waals surface area contributed by atoms with Crippen molar-refractivity contribution in [2.45, 2.75) is 10.9 Å². The number of aryl methyl sites for hydroxylation is 1. The lowest BCUT2D eigenvalue weighted by Crippen LogP contribution is -2.32. The van der Waals surface area contributed by atoms with Crippen LogP contribution in [0.2, 0.25) is 5.02 Å². The topological polar surface area (TPSA) is 81.5 Å². The Labute approximate surface area is 173 Å². The Morgan fingerprint density at radius 1 is 1.28 bits per heavy atom. The van der Waals surface area contributed by atoms with Crippen LogP contribution in [0.15, 0.2) is 59.8 Å². The molecule has 0 bridgehead atoms. The van der Waals surface area contributed by atoms with Crippen molar-refractivity contribution in [3.8, 4) is 11.5 Å². The van der Waals surface area contributed by atoms with E-state index in [1.165, 1.54) is 11.0 Å². The van der Waals surface area contributed by atoms with Crippen molar-refractivity contribution in [1.82, 2.24) is 14.7 Å². The third-order valence-electron chi connectivity index (χ3n) is 4.86. The fourth-order valence-corrected chi connectivity index (χ4v) is 5.42. The third kappa shape index (κ3) is 3.61. The molecule has 1 aliphatic rings. The number of amides is 1. The predicted molar refractivity (Wildman–Crippen MR) is 108 cm³/mol. The molecule has 7 nitrogen and oxygen atoms in total. The summed E-state index contributed by atoms with van der Waals surface area (Å²) in [4.78, 5) is 14.9. The Bertz CT molecular complexity index is 1210. The van der Waals surface area contributed by atoms with Gasteiger partial charge in [0, 0.05) is 19.1 Å². The number of rotatable bonds is 4. The Balaban J connectivity index is 1.67. The summed E-state index contributed by atoms with van der Waals surface area (Å²) in [5, 5.41) is 4.47. The van der Waals surface area contributed by atoms with Crippen LogP contribution in [0.4, 0.5) is 0 Å². The van der Waals surface area contributed by atoms with Gasteiger partial charge in [-0.1, -0.05) is 23.7 Å². The van der Waals surface area contributed by atoms with Crippen molar-refractivity contribution >= 4 is 27.3 Å². The highest BCUT2D eigenvalue weighted by molar-refractivity contribution is 7.91. The first-order valence-electron chi connectivity index (χ1n) is 8.81. The molecule has 1 aromatic heterocycles. The zero-order chi connectivity index (χ0) is 20.8. The van der Waals surface area contributed by atoms with Crippen LogP contribution in [-0.2, 0) is 16.9 Å². The maximum absolute atomic E-state index is 13.3. The van der Waals surface area contributed by atoms with E-state index in [9.17, 15) is 13.2 Å². The van der Waals surface area contributed by atoms with E-state index in [-0.39, 0.29) is 16.6 Å². The second kappa shape index (κ2) is 7.20. The summed E-state index contributed by atoms with van der Waals surface area (Å²) in [6.45, 7) is 0. The van der Waals surface area contributed by atoms with Crippen molar-refractivity contribution in [2.75, 3.05) is 12.8 Å². The number of ether oxygens (including phenoxy) is 1. The zero-order valence-electron chi connectivity index (χ0n) is 15.7. The minimum atomic E-state index is -3.48. The van der Waals surface area contributed by atoms with Gasteiger partial charge in [0.2, 0.25) is 0 Å². The first-order valence-corrected chi connectivity index (χ1v) is 10.8. The smallest absolute Gasteiger partial charge is 0.257 e. The van der Waals surface area contributed by atoms with Crippen molar-refractivity contribution < 1.29 is 17.9 Å². The lowest BCUT2D eigenvalue weighted by molar-refractivity contribution is 0.0743. The Morgan fingerprint density at radius 3 is 2.76 bits per heavy atom. The van der Waals surface area contributed by atoms with E-state index in [2.05, 4.69) is 5.10 Å². The molecule has 0 saturated carbocycles. The predicted octanol–water partition coefficient (Wildman–Crippen LogP) is 3.47. The van der Waals surface area contributed by atoms with Gasteiger partial charge < -0.3 is 9.64 Å². The molecule has 1 amide bonds. The summed E-state index contributed by atoms with van der Waals surface area (Å²) in [5.41, 5.74) is 0.853. The first-order chi connectivity index (χ1) is 13.8. The molecule has 4 rings (SSSR count). The van der Waals surface area contributed by atoms with Crippen LogP contribution in [0.25, 0.3) is 0 Å². The second-order valence-corrected chi connectivity index (χ2v) is 9.28. The van der Waals surface area contributed by atoms with Crippen LogP contribution in [0.3, 0.4) is 0 Å².